The van der Waals surface area contributed by atoms with Crippen LogP contribution in [0.5, 0.6) is 0 Å². The fraction of sp³-hybridized carbons (Fsp3) is 0.111. The Labute approximate surface area is 138 Å². The number of thiophene rings is 1. The van der Waals surface area contributed by atoms with Crippen LogP contribution in [0.1, 0.15) is 10.4 Å². The van der Waals surface area contributed by atoms with Gasteiger partial charge in [-0.05, 0) is 41.3 Å². The molecule has 0 spiro atoms. The molecule has 0 atom stereocenters. The number of aromatic nitrogens is 1. The molecule has 3 nitrogen and oxygen atoms in total. The lowest BCUT2D eigenvalue weighted by Crippen LogP contribution is -2.31. The van der Waals surface area contributed by atoms with Gasteiger partial charge < -0.3 is 4.90 Å². The second kappa shape index (κ2) is 7.15. The highest BCUT2D eigenvalue weighted by Crippen LogP contribution is 2.21. The summed E-state index contributed by atoms with van der Waals surface area (Å²) >= 11 is 1.54. The van der Waals surface area contributed by atoms with Crippen molar-refractivity contribution in [3.63, 3.8) is 0 Å². The summed E-state index contributed by atoms with van der Waals surface area (Å²) in [6.45, 7) is 0.363. The first kappa shape index (κ1) is 15.4. The Morgan fingerprint density at radius 3 is 2.78 bits per heavy atom. The van der Waals surface area contributed by atoms with Crippen LogP contribution in [-0.4, -0.2) is 10.9 Å². The Morgan fingerprint density at radius 2 is 2.09 bits per heavy atom. The van der Waals surface area contributed by atoms with Crippen molar-refractivity contribution in [3.8, 4) is 0 Å². The van der Waals surface area contributed by atoms with Gasteiger partial charge in [0.05, 0.1) is 13.0 Å². The molecule has 0 unspecified atom stereocenters. The van der Waals surface area contributed by atoms with Gasteiger partial charge >= 0.3 is 0 Å². The maximum Gasteiger partial charge on any atom is 0.232 e. The van der Waals surface area contributed by atoms with E-state index in [9.17, 15) is 9.18 Å². The van der Waals surface area contributed by atoms with Crippen molar-refractivity contribution in [1.82, 2.24) is 4.98 Å². The predicted molar refractivity (Wildman–Crippen MR) is 89.9 cm³/mol. The van der Waals surface area contributed by atoms with Crippen molar-refractivity contribution in [3.05, 3.63) is 82.6 Å². The summed E-state index contributed by atoms with van der Waals surface area (Å²) in [5.41, 5.74) is 1.45. The van der Waals surface area contributed by atoms with Gasteiger partial charge in [-0.1, -0.05) is 18.2 Å². The Morgan fingerprint density at radius 1 is 1.17 bits per heavy atom. The summed E-state index contributed by atoms with van der Waals surface area (Å²) in [6.07, 6.45) is 3.70. The van der Waals surface area contributed by atoms with E-state index in [2.05, 4.69) is 4.98 Å². The van der Waals surface area contributed by atoms with Crippen molar-refractivity contribution in [2.45, 2.75) is 13.0 Å². The van der Waals surface area contributed by atoms with Crippen LogP contribution in [0.3, 0.4) is 0 Å². The minimum absolute atomic E-state index is 0.0677. The quantitative estimate of drug-likeness (QED) is 0.708. The maximum atomic E-state index is 13.6. The highest BCUT2D eigenvalue weighted by Gasteiger charge is 2.17. The molecule has 2 aromatic heterocycles. The third-order valence-corrected chi connectivity index (χ3v) is 4.27. The molecule has 2 heterocycles. The first-order valence-electron chi connectivity index (χ1n) is 7.19. The average Bonchev–Trinajstić information content (AvgIpc) is 3.06. The van der Waals surface area contributed by atoms with Crippen molar-refractivity contribution in [2.75, 3.05) is 4.90 Å². The molecule has 116 valence electrons. The molecule has 0 saturated heterocycles. The van der Waals surface area contributed by atoms with E-state index in [-0.39, 0.29) is 11.7 Å². The Bertz CT molecular complexity index is 775. The largest absolute Gasteiger partial charge is 0.308 e. The molecule has 0 saturated carbocycles. The molecule has 0 aliphatic rings. The van der Waals surface area contributed by atoms with Crippen LogP contribution in [0, 0.1) is 5.82 Å². The molecular formula is C18H15FN2OS. The molecule has 0 fully saturated rings. The lowest BCUT2D eigenvalue weighted by molar-refractivity contribution is -0.118. The molecule has 0 N–H and O–H groups in total. The van der Waals surface area contributed by atoms with E-state index in [0.29, 0.717) is 18.7 Å². The Hall–Kier alpha value is -2.53. The highest BCUT2D eigenvalue weighted by atomic mass is 32.1. The number of halogens is 1. The SMILES string of the molecule is O=C(Cc1cccs1)N(Cc1cccnc1)c1cccc(F)c1. The fourth-order valence-electron chi connectivity index (χ4n) is 2.30. The molecule has 3 rings (SSSR count). The zero-order valence-corrected chi connectivity index (χ0v) is 13.2. The van der Waals surface area contributed by atoms with Gasteiger partial charge in [-0.15, -0.1) is 11.3 Å². The van der Waals surface area contributed by atoms with Crippen LogP contribution in [0.25, 0.3) is 0 Å². The summed E-state index contributed by atoms with van der Waals surface area (Å²) in [7, 11) is 0. The third-order valence-electron chi connectivity index (χ3n) is 3.39. The van der Waals surface area contributed by atoms with Gasteiger partial charge in [0.15, 0.2) is 0 Å². The number of pyridine rings is 1. The predicted octanol–water partition coefficient (Wildman–Crippen LogP) is 4.06. The topological polar surface area (TPSA) is 33.2 Å². The fourth-order valence-corrected chi connectivity index (χ4v) is 3.00. The van der Waals surface area contributed by atoms with E-state index in [4.69, 9.17) is 0 Å². The lowest BCUT2D eigenvalue weighted by Gasteiger charge is -2.23. The number of amides is 1. The van der Waals surface area contributed by atoms with Gasteiger partial charge in [-0.2, -0.15) is 0 Å². The molecule has 3 aromatic rings. The van der Waals surface area contributed by atoms with E-state index >= 15 is 0 Å². The molecule has 0 aliphatic carbocycles. The average molecular weight is 326 g/mol. The molecule has 1 aromatic carbocycles. The number of carbonyl (C=O) groups excluding carboxylic acids is 1. The smallest absolute Gasteiger partial charge is 0.232 e. The summed E-state index contributed by atoms with van der Waals surface area (Å²) < 4.78 is 13.6. The Balaban J connectivity index is 1.87. The van der Waals surface area contributed by atoms with Crippen molar-refractivity contribution >= 4 is 22.9 Å². The van der Waals surface area contributed by atoms with Crippen molar-refractivity contribution in [1.29, 1.82) is 0 Å². The van der Waals surface area contributed by atoms with Gasteiger partial charge in [-0.3, -0.25) is 9.78 Å². The standard InChI is InChI=1S/C18H15FN2OS/c19-15-5-1-6-16(10-15)21(13-14-4-2-8-20-12-14)18(22)11-17-7-3-9-23-17/h1-10,12H,11,13H2. The van der Waals surface area contributed by atoms with Gasteiger partial charge in [0, 0.05) is 23.0 Å². The van der Waals surface area contributed by atoms with Crippen LogP contribution >= 0.6 is 11.3 Å². The van der Waals surface area contributed by atoms with Crippen LogP contribution in [0.2, 0.25) is 0 Å². The molecular weight excluding hydrogens is 311 g/mol. The van der Waals surface area contributed by atoms with Gasteiger partial charge in [-0.25, -0.2) is 4.39 Å². The van der Waals surface area contributed by atoms with E-state index in [1.54, 1.807) is 29.4 Å². The number of hydrogen-bond acceptors (Lipinski definition) is 3. The summed E-state index contributed by atoms with van der Waals surface area (Å²) in [5, 5.41) is 1.94. The zero-order chi connectivity index (χ0) is 16.1. The summed E-state index contributed by atoms with van der Waals surface area (Å²) in [4.78, 5) is 19.4. The van der Waals surface area contributed by atoms with Crippen molar-refractivity contribution < 1.29 is 9.18 Å². The zero-order valence-electron chi connectivity index (χ0n) is 12.4. The van der Waals surface area contributed by atoms with E-state index in [1.807, 2.05) is 29.6 Å². The van der Waals surface area contributed by atoms with Crippen LogP contribution < -0.4 is 4.90 Å². The highest BCUT2D eigenvalue weighted by molar-refractivity contribution is 7.10. The number of rotatable bonds is 5. The van der Waals surface area contributed by atoms with Gasteiger partial charge in [0.2, 0.25) is 5.91 Å². The molecule has 0 radical (unpaired) electrons. The molecule has 0 bridgehead atoms. The number of carbonyl (C=O) groups is 1. The first-order valence-corrected chi connectivity index (χ1v) is 8.07. The summed E-state index contributed by atoms with van der Waals surface area (Å²) in [6, 6.07) is 13.7. The van der Waals surface area contributed by atoms with E-state index in [1.165, 1.54) is 23.5 Å². The summed E-state index contributed by atoms with van der Waals surface area (Å²) in [5.74, 6) is -0.426. The van der Waals surface area contributed by atoms with E-state index in [0.717, 1.165) is 10.4 Å². The second-order valence-electron chi connectivity index (χ2n) is 5.08. The third kappa shape index (κ3) is 4.02. The maximum absolute atomic E-state index is 13.6. The van der Waals surface area contributed by atoms with Crippen LogP contribution in [0.4, 0.5) is 10.1 Å². The number of anilines is 1. The number of hydrogen-bond donors (Lipinski definition) is 0. The minimum Gasteiger partial charge on any atom is -0.308 e. The monoisotopic (exact) mass is 326 g/mol. The second-order valence-corrected chi connectivity index (χ2v) is 6.11. The molecule has 1 amide bonds. The number of nitrogens with zero attached hydrogens (tertiary/aromatic N) is 2. The lowest BCUT2D eigenvalue weighted by atomic mass is 10.2. The molecule has 0 aliphatic heterocycles. The normalized spacial score (nSPS) is 10.5. The van der Waals surface area contributed by atoms with Crippen LogP contribution in [0.15, 0.2) is 66.3 Å². The first-order chi connectivity index (χ1) is 11.2. The minimum atomic E-state index is -0.359. The molecule has 5 heteroatoms. The van der Waals surface area contributed by atoms with Crippen molar-refractivity contribution in [2.24, 2.45) is 0 Å². The van der Waals surface area contributed by atoms with Gasteiger partial charge in [0.25, 0.3) is 0 Å². The number of benzene rings is 1. The van der Waals surface area contributed by atoms with Crippen LogP contribution in [-0.2, 0) is 17.8 Å². The Kier molecular flexibility index (Phi) is 4.78. The van der Waals surface area contributed by atoms with Gasteiger partial charge in [0.1, 0.15) is 5.82 Å². The molecule has 23 heavy (non-hydrogen) atoms. The van der Waals surface area contributed by atoms with E-state index < -0.39 is 0 Å².